The molecule has 0 radical (unpaired) electrons. The van der Waals surface area contributed by atoms with Crippen LogP contribution in [0.2, 0.25) is 11.9 Å². The quantitative estimate of drug-likeness (QED) is 0.126. The number of rotatable bonds is 9. The minimum Gasteiger partial charge on any atom is -0.326 e. The first-order valence-corrected chi connectivity index (χ1v) is 18.2. The van der Waals surface area contributed by atoms with E-state index in [0.717, 1.165) is 23.1 Å². The lowest BCUT2D eigenvalue weighted by Crippen LogP contribution is -2.50. The minimum atomic E-state index is -1.62. The van der Waals surface area contributed by atoms with Gasteiger partial charge in [0.15, 0.2) is 0 Å². The molecule has 2 aliphatic rings. The van der Waals surface area contributed by atoms with Gasteiger partial charge in [-0.2, -0.15) is 0 Å². The molecule has 2 nitrogen and oxygen atoms in total. The third-order valence-corrected chi connectivity index (χ3v) is 13.3. The normalized spacial score (nSPS) is 15.1. The van der Waals surface area contributed by atoms with Crippen molar-refractivity contribution in [3.05, 3.63) is 175 Å². The largest absolute Gasteiger partial charge is 0.326 e. The van der Waals surface area contributed by atoms with Gasteiger partial charge in [0.05, 0.1) is 11.5 Å². The van der Waals surface area contributed by atoms with Gasteiger partial charge >= 0.3 is 0 Å². The summed E-state index contributed by atoms with van der Waals surface area (Å²) in [4.78, 5) is 5.47. The number of hydrogen-bond donors (Lipinski definition) is 0. The van der Waals surface area contributed by atoms with Crippen LogP contribution >= 0.6 is 12.2 Å². The van der Waals surface area contributed by atoms with Crippen LogP contribution in [0, 0.1) is 0 Å². The molecule has 5 heteroatoms. The number of hydrogen-bond acceptors (Lipinski definition) is 2. The molecule has 0 aliphatic heterocycles. The van der Waals surface area contributed by atoms with Crippen molar-refractivity contribution in [1.82, 2.24) is 9.55 Å². The highest BCUT2D eigenvalue weighted by molar-refractivity contribution is 7.80. The van der Waals surface area contributed by atoms with E-state index < -0.39 is 8.80 Å². The Kier molecular flexibility index (Phi) is 9.64. The van der Waals surface area contributed by atoms with Gasteiger partial charge in [0.1, 0.15) is 8.80 Å². The molecule has 44 heavy (non-hydrogen) atoms. The topological polar surface area (TPSA) is 17.8 Å². The van der Waals surface area contributed by atoms with Crippen LogP contribution in [0.1, 0.15) is 37.3 Å². The maximum Gasteiger partial charge on any atom is 0.212 e. The summed E-state index contributed by atoms with van der Waals surface area (Å²) in [6.45, 7) is 2.93. The molecular formula is C39H39BN2SSi. The van der Waals surface area contributed by atoms with Crippen LogP contribution in [0.15, 0.2) is 163 Å². The summed E-state index contributed by atoms with van der Waals surface area (Å²) >= 11 is 5.58. The highest BCUT2D eigenvalue weighted by Crippen LogP contribution is 2.41. The molecule has 1 unspecified atom stereocenters. The fourth-order valence-electron chi connectivity index (χ4n) is 6.98. The molecule has 1 atom stereocenters. The summed E-state index contributed by atoms with van der Waals surface area (Å²) < 4.78 is 2.32. The van der Waals surface area contributed by atoms with Crippen molar-refractivity contribution >= 4 is 43.5 Å². The van der Waals surface area contributed by atoms with Gasteiger partial charge in [-0.3, -0.25) is 0 Å². The molecule has 0 N–H and O–H groups in total. The van der Waals surface area contributed by atoms with Crippen LogP contribution in [0.25, 0.3) is 0 Å². The standard InChI is InChI=1S/C24H24N2SSi.C15H15B/c1-2-28(23-15-9-14-22(27)18-23)24(26-17-16-25-19-26,20-10-5-3-6-11-20)21-12-7-4-8-13-21;1-3-7-13(8-4-1)16(15-11-12-15)14-9-5-2-6-10-14/h3-13,15-19,28H,2,14H2,1H3;1-10,15H,11-12H2. The second kappa shape index (κ2) is 14.2. The van der Waals surface area contributed by atoms with Gasteiger partial charge in [-0.15, -0.1) is 0 Å². The molecule has 0 saturated heterocycles. The van der Waals surface area contributed by atoms with Crippen LogP contribution in [0.3, 0.4) is 0 Å². The van der Waals surface area contributed by atoms with E-state index in [2.05, 4.69) is 162 Å². The Balaban J connectivity index is 0.000000181. The zero-order chi connectivity index (χ0) is 30.2. The van der Waals surface area contributed by atoms with Gasteiger partial charge in [-0.05, 0) is 17.2 Å². The number of nitrogens with zero attached hydrogens (tertiary/aromatic N) is 2. The van der Waals surface area contributed by atoms with Crippen LogP contribution in [-0.4, -0.2) is 29.9 Å². The van der Waals surface area contributed by atoms with E-state index in [4.69, 9.17) is 12.2 Å². The number of benzene rings is 4. The number of imidazole rings is 1. The molecule has 1 fully saturated rings. The molecule has 7 rings (SSSR count). The Bertz CT molecular complexity index is 1600. The second-order valence-electron chi connectivity index (χ2n) is 11.8. The minimum absolute atomic E-state index is 0.267. The first kappa shape index (κ1) is 30.0. The van der Waals surface area contributed by atoms with Crippen molar-refractivity contribution in [3.8, 4) is 0 Å². The van der Waals surface area contributed by atoms with E-state index in [1.165, 1.54) is 40.1 Å². The molecule has 2 aliphatic carbocycles. The SMILES string of the molecule is CC[SiH](C1=CC(=S)CC=C1)C(c1ccccc1)(c1ccccc1)n1ccnc1.c1ccc(B(c2ccccc2)C2CC2)cc1. The average Bonchev–Trinajstić information content (AvgIpc) is 3.76. The summed E-state index contributed by atoms with van der Waals surface area (Å²) in [5.74, 6) is 0.866. The maximum absolute atomic E-state index is 5.58. The Morgan fingerprint density at radius 1 is 0.795 bits per heavy atom. The fourth-order valence-corrected chi connectivity index (χ4v) is 11.4. The fraction of sp³-hybridized carbons (Fsp3) is 0.179. The molecule has 218 valence electrons. The highest BCUT2D eigenvalue weighted by atomic mass is 32.1. The summed E-state index contributed by atoms with van der Waals surface area (Å²) in [5.41, 5.74) is 5.56. The van der Waals surface area contributed by atoms with E-state index in [9.17, 15) is 0 Å². The van der Waals surface area contributed by atoms with Crippen LogP contribution in [-0.2, 0) is 5.16 Å². The summed E-state index contributed by atoms with van der Waals surface area (Å²) in [5, 5.41) is 1.15. The molecule has 0 spiro atoms. The lowest BCUT2D eigenvalue weighted by molar-refractivity contribution is 0.582. The van der Waals surface area contributed by atoms with Gasteiger partial charge in [-0.1, -0.05) is 193 Å². The van der Waals surface area contributed by atoms with E-state index in [0.29, 0.717) is 6.71 Å². The zero-order valence-electron chi connectivity index (χ0n) is 25.4. The van der Waals surface area contributed by atoms with Gasteiger partial charge in [0, 0.05) is 23.7 Å². The second-order valence-corrected chi connectivity index (χ2v) is 15.7. The number of allylic oxidation sites excluding steroid dienone is 4. The van der Waals surface area contributed by atoms with Crippen molar-refractivity contribution in [2.75, 3.05) is 0 Å². The summed E-state index contributed by atoms with van der Waals surface area (Å²) in [7, 11) is -1.62. The Morgan fingerprint density at radius 3 is 1.75 bits per heavy atom. The van der Waals surface area contributed by atoms with Crippen LogP contribution in [0.5, 0.6) is 0 Å². The van der Waals surface area contributed by atoms with Crippen molar-refractivity contribution in [3.63, 3.8) is 0 Å². The molecule has 4 aromatic carbocycles. The van der Waals surface area contributed by atoms with Gasteiger partial charge in [-0.25, -0.2) is 4.98 Å². The molecular weight excluding hydrogens is 567 g/mol. The summed E-state index contributed by atoms with van der Waals surface area (Å²) in [6, 6.07) is 44.7. The Morgan fingerprint density at radius 2 is 1.32 bits per heavy atom. The maximum atomic E-state index is 5.58. The first-order valence-electron chi connectivity index (χ1n) is 15.8. The van der Waals surface area contributed by atoms with E-state index in [1.54, 1.807) is 0 Å². The highest BCUT2D eigenvalue weighted by Gasteiger charge is 2.45. The number of aromatic nitrogens is 2. The average molecular weight is 607 g/mol. The van der Waals surface area contributed by atoms with Crippen molar-refractivity contribution < 1.29 is 0 Å². The molecule has 1 saturated carbocycles. The third kappa shape index (κ3) is 6.40. The van der Waals surface area contributed by atoms with Gasteiger partial charge < -0.3 is 4.57 Å². The Labute approximate surface area is 269 Å². The smallest absolute Gasteiger partial charge is 0.212 e. The lowest BCUT2D eigenvalue weighted by atomic mass is 9.37. The monoisotopic (exact) mass is 606 g/mol. The van der Waals surface area contributed by atoms with Crippen molar-refractivity contribution in [2.45, 2.75) is 43.2 Å². The predicted octanol–water partition coefficient (Wildman–Crippen LogP) is 7.72. The van der Waals surface area contributed by atoms with Crippen LogP contribution in [0.4, 0.5) is 0 Å². The van der Waals surface area contributed by atoms with E-state index in [1.807, 2.05) is 12.5 Å². The van der Waals surface area contributed by atoms with E-state index in [-0.39, 0.29) is 5.16 Å². The van der Waals surface area contributed by atoms with Crippen molar-refractivity contribution in [1.29, 1.82) is 0 Å². The molecule has 1 aromatic heterocycles. The molecule has 1 heterocycles. The molecule has 5 aromatic rings. The molecule has 0 amide bonds. The predicted molar refractivity (Wildman–Crippen MR) is 194 cm³/mol. The first-order chi connectivity index (χ1) is 21.7. The van der Waals surface area contributed by atoms with Gasteiger partial charge in [0.2, 0.25) is 6.71 Å². The number of thiocarbonyl (C=S) groups is 1. The third-order valence-electron chi connectivity index (χ3n) is 9.02. The lowest BCUT2D eigenvalue weighted by Gasteiger charge is -2.43. The summed E-state index contributed by atoms with van der Waals surface area (Å²) in [6.07, 6.45) is 16.4. The van der Waals surface area contributed by atoms with Crippen molar-refractivity contribution in [2.24, 2.45) is 0 Å². The van der Waals surface area contributed by atoms with Gasteiger partial charge in [0.25, 0.3) is 0 Å². The van der Waals surface area contributed by atoms with Crippen LogP contribution < -0.4 is 10.9 Å². The Hall–Kier alpha value is -4.06. The zero-order valence-corrected chi connectivity index (χ0v) is 27.3. The van der Waals surface area contributed by atoms with E-state index >= 15 is 0 Å². The molecule has 0 bridgehead atoms.